The second-order valence-electron chi connectivity index (χ2n) is 1.52. The Labute approximate surface area is 76.7 Å². The number of hydrogen-bond donors (Lipinski definition) is 4. The minimum absolute atomic E-state index is 0. The van der Waals surface area contributed by atoms with E-state index in [9.17, 15) is 4.79 Å². The van der Waals surface area contributed by atoms with E-state index in [0.29, 0.717) is 0 Å². The second-order valence-corrected chi connectivity index (χ2v) is 1.52. The van der Waals surface area contributed by atoms with Crippen LogP contribution in [0.2, 0.25) is 0 Å². The first kappa shape index (κ1) is 16.8. The lowest BCUT2D eigenvalue weighted by Gasteiger charge is -1.96. The van der Waals surface area contributed by atoms with E-state index in [0.717, 1.165) is 0 Å². The van der Waals surface area contributed by atoms with Crippen LogP contribution in [-0.4, -0.2) is 30.0 Å². The molecule has 0 fully saturated rings. The van der Waals surface area contributed by atoms with Crippen LogP contribution >= 0.6 is 24.8 Å². The summed E-state index contributed by atoms with van der Waals surface area (Å²) in [6.45, 7) is -0.0219. The van der Waals surface area contributed by atoms with Gasteiger partial charge in [-0.1, -0.05) is 0 Å². The van der Waals surface area contributed by atoms with Gasteiger partial charge in [0.1, 0.15) is 5.84 Å². The number of aliphatic carboxylic acids is 1. The third-order valence-corrected chi connectivity index (χ3v) is 0.592. The maximum absolute atomic E-state index is 9.81. The van der Waals surface area contributed by atoms with Crippen LogP contribution in [-0.2, 0) is 4.79 Å². The molecule has 0 aromatic heterocycles. The molecule has 0 atom stereocenters. The maximum atomic E-state index is 9.81. The normalized spacial score (nSPS) is 7.27. The molecule has 0 heterocycles. The van der Waals surface area contributed by atoms with E-state index in [4.69, 9.17) is 16.2 Å². The van der Waals surface area contributed by atoms with E-state index in [2.05, 4.69) is 5.32 Å². The van der Waals surface area contributed by atoms with E-state index < -0.39 is 5.97 Å². The lowest BCUT2D eigenvalue weighted by atomic mass is 10.5. The van der Waals surface area contributed by atoms with E-state index in [1.54, 1.807) is 0 Å². The van der Waals surface area contributed by atoms with Crippen LogP contribution in [0.1, 0.15) is 0 Å². The van der Waals surface area contributed by atoms with Crippen molar-refractivity contribution >= 4 is 36.6 Å². The van der Waals surface area contributed by atoms with Gasteiger partial charge in [0.25, 0.3) is 0 Å². The number of hydrogen-bond acceptors (Lipinski definition) is 3. The topological polar surface area (TPSA) is 99.2 Å². The minimum Gasteiger partial charge on any atom is -0.480 e. The third-order valence-electron chi connectivity index (χ3n) is 0.592. The molecule has 0 aliphatic rings. The Morgan fingerprint density at radius 3 is 2.18 bits per heavy atom. The number of amidine groups is 1. The summed E-state index contributed by atoms with van der Waals surface area (Å²) in [4.78, 5) is 9.81. The molecule has 68 valence electrons. The van der Waals surface area contributed by atoms with Crippen molar-refractivity contribution in [3.63, 3.8) is 0 Å². The van der Waals surface area contributed by atoms with Crippen molar-refractivity contribution in [3.8, 4) is 0 Å². The molecule has 0 saturated carbocycles. The molecule has 0 aromatic rings. The van der Waals surface area contributed by atoms with Crippen LogP contribution in [0.15, 0.2) is 0 Å². The molecule has 5 nitrogen and oxygen atoms in total. The number of nitrogens with one attached hydrogen (secondary N) is 2. The third kappa shape index (κ3) is 17.7. The number of carboxylic acid groups (broad SMARTS) is 1. The first-order valence-electron chi connectivity index (χ1n) is 2.38. The summed E-state index contributed by atoms with van der Waals surface area (Å²) in [7, 11) is 0. The highest BCUT2D eigenvalue weighted by molar-refractivity contribution is 5.85. The zero-order valence-corrected chi connectivity index (χ0v) is 7.30. The monoisotopic (exact) mass is 203 g/mol. The number of nitrogens with two attached hydrogens (primary N) is 1. The van der Waals surface area contributed by atoms with Gasteiger partial charge in [0.2, 0.25) is 0 Å². The number of carboxylic acids is 1. The average molecular weight is 204 g/mol. The highest BCUT2D eigenvalue weighted by Crippen LogP contribution is 1.59. The van der Waals surface area contributed by atoms with Gasteiger partial charge < -0.3 is 10.8 Å². The van der Waals surface area contributed by atoms with Crippen molar-refractivity contribution in [2.45, 2.75) is 0 Å². The van der Waals surface area contributed by atoms with E-state index >= 15 is 0 Å². The maximum Gasteiger partial charge on any atom is 0.317 e. The molecule has 7 heteroatoms. The van der Waals surface area contributed by atoms with Crippen molar-refractivity contribution in [2.24, 2.45) is 5.73 Å². The predicted octanol–water partition coefficient (Wildman–Crippen LogP) is -0.560. The Morgan fingerprint density at radius 2 is 1.91 bits per heavy atom. The Kier molecular flexibility index (Phi) is 14.5. The summed E-state index contributed by atoms with van der Waals surface area (Å²) in [6.07, 6.45) is 0. The smallest absolute Gasteiger partial charge is 0.317 e. The molecule has 0 aliphatic heterocycles. The standard InChI is InChI=1S/C4H9N3O2.2ClH/c5-3(6)1-7-2-4(8)9;;/h7H,1-2H2,(H3,5,6)(H,8,9);2*1H. The van der Waals surface area contributed by atoms with Crippen molar-refractivity contribution < 1.29 is 9.90 Å². The first-order valence-corrected chi connectivity index (χ1v) is 2.38. The average Bonchev–Trinajstić information content (AvgIpc) is 1.63. The lowest BCUT2D eigenvalue weighted by Crippen LogP contribution is -2.31. The van der Waals surface area contributed by atoms with Crippen molar-refractivity contribution in [1.29, 1.82) is 5.41 Å². The van der Waals surface area contributed by atoms with Crippen molar-refractivity contribution in [3.05, 3.63) is 0 Å². The van der Waals surface area contributed by atoms with Crippen molar-refractivity contribution in [2.75, 3.05) is 13.1 Å². The zero-order chi connectivity index (χ0) is 7.28. The van der Waals surface area contributed by atoms with Gasteiger partial charge in [-0.2, -0.15) is 0 Å². The Balaban J connectivity index is -0.000000320. The number of halogens is 2. The molecular formula is C4H11Cl2N3O2. The van der Waals surface area contributed by atoms with E-state index in [1.165, 1.54) is 0 Å². The van der Waals surface area contributed by atoms with E-state index in [1.807, 2.05) is 0 Å². The molecule has 11 heavy (non-hydrogen) atoms. The molecule has 0 radical (unpaired) electrons. The minimum atomic E-state index is -0.948. The second kappa shape index (κ2) is 9.48. The fourth-order valence-corrected chi connectivity index (χ4v) is 0.304. The molecule has 0 bridgehead atoms. The SMILES string of the molecule is Cl.Cl.N=C(N)CNCC(=O)O. The highest BCUT2D eigenvalue weighted by atomic mass is 35.5. The predicted molar refractivity (Wildman–Crippen MR) is 46.9 cm³/mol. The van der Waals surface area contributed by atoms with Crippen molar-refractivity contribution in [1.82, 2.24) is 5.32 Å². The van der Waals surface area contributed by atoms with Crippen LogP contribution in [0.5, 0.6) is 0 Å². The van der Waals surface area contributed by atoms with Gasteiger partial charge in [-0.25, -0.2) is 0 Å². The number of rotatable bonds is 4. The summed E-state index contributed by atoms with van der Waals surface area (Å²) in [6, 6.07) is 0. The molecule has 0 rings (SSSR count). The lowest BCUT2D eigenvalue weighted by molar-refractivity contribution is -0.135. The quantitative estimate of drug-likeness (QED) is 0.364. The van der Waals surface area contributed by atoms with Gasteiger partial charge in [0.05, 0.1) is 13.1 Å². The largest absolute Gasteiger partial charge is 0.480 e. The molecule has 0 aliphatic carbocycles. The fraction of sp³-hybridized carbons (Fsp3) is 0.500. The molecular weight excluding hydrogens is 193 g/mol. The van der Waals surface area contributed by atoms with Crippen LogP contribution in [0.4, 0.5) is 0 Å². The highest BCUT2D eigenvalue weighted by Gasteiger charge is 1.93. The Bertz CT molecular complexity index is 117. The molecule has 0 saturated heterocycles. The molecule has 0 aromatic carbocycles. The van der Waals surface area contributed by atoms with Crippen LogP contribution in [0.25, 0.3) is 0 Å². The summed E-state index contributed by atoms with van der Waals surface area (Å²) in [5, 5.41) is 17.1. The fourth-order valence-electron chi connectivity index (χ4n) is 0.304. The zero-order valence-electron chi connectivity index (χ0n) is 5.66. The van der Waals surface area contributed by atoms with Gasteiger partial charge >= 0.3 is 5.97 Å². The summed E-state index contributed by atoms with van der Waals surface area (Å²) in [5.74, 6) is -1.01. The summed E-state index contributed by atoms with van der Waals surface area (Å²) < 4.78 is 0. The summed E-state index contributed by atoms with van der Waals surface area (Å²) >= 11 is 0. The van der Waals surface area contributed by atoms with Crippen LogP contribution in [0, 0.1) is 5.41 Å². The molecule has 0 amide bonds. The summed E-state index contributed by atoms with van der Waals surface area (Å²) in [5.41, 5.74) is 4.91. The van der Waals surface area contributed by atoms with Gasteiger partial charge in [-0.3, -0.25) is 15.5 Å². The first-order chi connectivity index (χ1) is 4.13. The van der Waals surface area contributed by atoms with Gasteiger partial charge in [0.15, 0.2) is 0 Å². The molecule has 0 spiro atoms. The number of carbonyl (C=O) groups is 1. The van der Waals surface area contributed by atoms with Crippen LogP contribution in [0.3, 0.4) is 0 Å². The van der Waals surface area contributed by atoms with E-state index in [-0.39, 0.29) is 43.7 Å². The van der Waals surface area contributed by atoms with Gasteiger partial charge in [-0.15, -0.1) is 24.8 Å². The Hall–Kier alpha value is -0.520. The Morgan fingerprint density at radius 1 is 1.45 bits per heavy atom. The van der Waals surface area contributed by atoms with Crippen LogP contribution < -0.4 is 11.1 Å². The molecule has 0 unspecified atom stereocenters. The van der Waals surface area contributed by atoms with Gasteiger partial charge in [0, 0.05) is 0 Å². The molecule has 5 N–H and O–H groups in total. The van der Waals surface area contributed by atoms with Gasteiger partial charge in [-0.05, 0) is 0 Å².